The molecule has 1 aliphatic rings. The van der Waals surface area contributed by atoms with E-state index in [-0.39, 0.29) is 43.2 Å². The lowest BCUT2D eigenvalue weighted by atomic mass is 10.1. The fraction of sp³-hybridized carbons (Fsp3) is 0.375. The van der Waals surface area contributed by atoms with E-state index in [4.69, 9.17) is 0 Å². The Morgan fingerprint density at radius 3 is 2.11 bits per heavy atom. The zero-order valence-electron chi connectivity index (χ0n) is 20.8. The van der Waals surface area contributed by atoms with Gasteiger partial charge in [-0.25, -0.2) is 4.90 Å². The molecule has 0 saturated heterocycles. The number of aryl methyl sites for hydroxylation is 1. The summed E-state index contributed by atoms with van der Waals surface area (Å²) in [6.45, 7) is 0.800. The van der Waals surface area contributed by atoms with Gasteiger partial charge in [0, 0.05) is 51.7 Å². The van der Waals surface area contributed by atoms with Crippen LogP contribution in [0.1, 0.15) is 31.7 Å². The summed E-state index contributed by atoms with van der Waals surface area (Å²) in [7, 11) is 2.94. The number of amides is 7. The Morgan fingerprint density at radius 1 is 0.892 bits per heavy atom. The Bertz CT molecular complexity index is 1110. The van der Waals surface area contributed by atoms with Gasteiger partial charge >= 0.3 is 0 Å². The second kappa shape index (κ2) is 13.5. The third-order valence-corrected chi connectivity index (χ3v) is 5.39. The van der Waals surface area contributed by atoms with Crippen LogP contribution in [0.4, 0.5) is 11.4 Å². The maximum atomic E-state index is 12.6. The van der Waals surface area contributed by atoms with E-state index >= 15 is 0 Å². The summed E-state index contributed by atoms with van der Waals surface area (Å²) in [5.74, 6) is -3.26. The third-order valence-electron chi connectivity index (χ3n) is 5.39. The number of anilines is 2. The van der Waals surface area contributed by atoms with Crippen LogP contribution in [0.2, 0.25) is 0 Å². The first kappa shape index (κ1) is 28.7. The van der Waals surface area contributed by atoms with Crippen LogP contribution in [0, 0.1) is 0 Å². The zero-order valence-corrected chi connectivity index (χ0v) is 20.8. The Labute approximate surface area is 213 Å². The van der Waals surface area contributed by atoms with E-state index in [9.17, 15) is 33.6 Å². The quantitative estimate of drug-likeness (QED) is 0.219. The molecule has 1 unspecified atom stereocenters. The average Bonchev–Trinajstić information content (AvgIpc) is 3.21. The van der Waals surface area contributed by atoms with Crippen molar-refractivity contribution in [3.63, 3.8) is 0 Å². The van der Waals surface area contributed by atoms with E-state index in [1.165, 1.54) is 39.2 Å². The van der Waals surface area contributed by atoms with E-state index in [0.717, 1.165) is 17.1 Å². The Morgan fingerprint density at radius 2 is 1.51 bits per heavy atom. The average molecular weight is 515 g/mol. The van der Waals surface area contributed by atoms with Gasteiger partial charge < -0.3 is 26.6 Å². The van der Waals surface area contributed by atoms with Crippen LogP contribution in [0.25, 0.3) is 0 Å². The maximum absolute atomic E-state index is 12.6. The minimum Gasteiger partial charge on any atom is -0.359 e. The molecule has 0 spiro atoms. The van der Waals surface area contributed by atoms with Crippen molar-refractivity contribution in [2.45, 2.75) is 38.6 Å². The van der Waals surface area contributed by atoms with Crippen LogP contribution in [-0.2, 0) is 40.0 Å². The fourth-order valence-corrected chi connectivity index (χ4v) is 3.48. The highest BCUT2D eigenvalue weighted by Gasteiger charge is 2.26. The number of nitrogens with one attached hydrogen (secondary N) is 5. The molecule has 5 N–H and O–H groups in total. The number of rotatable bonds is 12. The molecule has 0 radical (unpaired) electrons. The van der Waals surface area contributed by atoms with Crippen molar-refractivity contribution in [3.05, 3.63) is 35.9 Å². The number of imide groups is 1. The number of carbonyl (C=O) groups excluding carboxylic acids is 7. The second-order valence-corrected chi connectivity index (χ2v) is 8.09. The molecule has 1 aliphatic heterocycles. The van der Waals surface area contributed by atoms with Gasteiger partial charge in [-0.3, -0.25) is 33.6 Å². The van der Waals surface area contributed by atoms with Crippen LogP contribution in [0.5, 0.6) is 0 Å². The van der Waals surface area contributed by atoms with Crippen LogP contribution in [0.3, 0.4) is 0 Å². The standard InChI is InChI=1S/C24H30N6O7/c1-14(31)28-18(7-9-20(33)26-3)24(37)27-13-21(34)29-17-6-5-16(30-22(35)10-11-23(30)36)12-15(17)4-8-19(32)25-2/h5-6,10-12,18H,4,7-9,13H2,1-3H3,(H,25,32)(H,26,33)(H,27,37)(H,28,31)(H,29,34). The van der Waals surface area contributed by atoms with E-state index in [1.54, 1.807) is 0 Å². The molecule has 0 aromatic heterocycles. The maximum Gasteiger partial charge on any atom is 0.258 e. The molecule has 1 atom stereocenters. The van der Waals surface area contributed by atoms with Gasteiger partial charge in [0.05, 0.1) is 12.2 Å². The second-order valence-electron chi connectivity index (χ2n) is 8.09. The van der Waals surface area contributed by atoms with Crippen molar-refractivity contribution >= 4 is 52.7 Å². The van der Waals surface area contributed by atoms with Gasteiger partial charge in [-0.2, -0.15) is 0 Å². The third kappa shape index (κ3) is 8.56. The zero-order chi connectivity index (χ0) is 27.5. The van der Waals surface area contributed by atoms with Gasteiger partial charge in [-0.1, -0.05) is 0 Å². The number of carbonyl (C=O) groups is 7. The van der Waals surface area contributed by atoms with Crippen molar-refractivity contribution in [2.75, 3.05) is 30.9 Å². The van der Waals surface area contributed by atoms with Gasteiger partial charge in [-0.05, 0) is 36.6 Å². The highest BCUT2D eigenvalue weighted by atomic mass is 16.2. The molecule has 1 aromatic rings. The van der Waals surface area contributed by atoms with Crippen molar-refractivity contribution in [1.29, 1.82) is 0 Å². The van der Waals surface area contributed by atoms with Crippen LogP contribution in [0.15, 0.2) is 30.4 Å². The van der Waals surface area contributed by atoms with E-state index in [2.05, 4.69) is 26.6 Å². The van der Waals surface area contributed by atoms with Crippen molar-refractivity contribution in [3.8, 4) is 0 Å². The molecule has 37 heavy (non-hydrogen) atoms. The predicted octanol–water partition coefficient (Wildman–Crippen LogP) is -1.12. The van der Waals surface area contributed by atoms with Crippen molar-refractivity contribution in [2.24, 2.45) is 0 Å². The van der Waals surface area contributed by atoms with Crippen LogP contribution < -0.4 is 31.5 Å². The van der Waals surface area contributed by atoms with Crippen molar-refractivity contribution in [1.82, 2.24) is 21.3 Å². The normalized spacial score (nSPS) is 13.1. The molecular formula is C24H30N6O7. The first-order chi connectivity index (χ1) is 17.5. The minimum absolute atomic E-state index is 0.000345. The first-order valence-electron chi connectivity index (χ1n) is 11.5. The number of hydrogen-bond donors (Lipinski definition) is 5. The van der Waals surface area contributed by atoms with Gasteiger partial charge in [0.2, 0.25) is 29.5 Å². The Balaban J connectivity index is 2.10. The first-order valence-corrected chi connectivity index (χ1v) is 11.5. The molecule has 13 nitrogen and oxygen atoms in total. The number of nitrogens with zero attached hydrogens (tertiary/aromatic N) is 1. The lowest BCUT2D eigenvalue weighted by Crippen LogP contribution is -2.48. The van der Waals surface area contributed by atoms with Gasteiger partial charge in [-0.15, -0.1) is 0 Å². The summed E-state index contributed by atoms with van der Waals surface area (Å²) in [6, 6.07) is 3.50. The molecule has 0 saturated carbocycles. The number of benzene rings is 1. The largest absolute Gasteiger partial charge is 0.359 e. The highest BCUT2D eigenvalue weighted by molar-refractivity contribution is 6.28. The lowest BCUT2D eigenvalue weighted by molar-refractivity contribution is -0.129. The summed E-state index contributed by atoms with van der Waals surface area (Å²) in [5.41, 5.74) is 1.11. The molecule has 0 bridgehead atoms. The SMILES string of the molecule is CNC(=O)CCc1cc(N2C(=O)C=CC2=O)ccc1NC(=O)CNC(=O)C(CCC(=O)NC)NC(C)=O. The molecule has 2 rings (SSSR count). The summed E-state index contributed by atoms with van der Waals surface area (Å²) in [5, 5.41) is 12.5. The topological polar surface area (TPSA) is 183 Å². The van der Waals surface area contributed by atoms with E-state index in [1.807, 2.05) is 0 Å². The molecule has 7 amide bonds. The van der Waals surface area contributed by atoms with Gasteiger partial charge in [0.25, 0.3) is 11.8 Å². The van der Waals surface area contributed by atoms with Gasteiger partial charge in [0.1, 0.15) is 6.04 Å². The number of hydrogen-bond acceptors (Lipinski definition) is 7. The molecule has 198 valence electrons. The molecule has 0 aliphatic carbocycles. The molecule has 1 heterocycles. The van der Waals surface area contributed by atoms with E-state index < -0.39 is 42.1 Å². The Hall–Kier alpha value is -4.55. The summed E-state index contributed by atoms with van der Waals surface area (Å²) in [4.78, 5) is 84.8. The van der Waals surface area contributed by atoms with E-state index in [0.29, 0.717) is 11.3 Å². The fourth-order valence-electron chi connectivity index (χ4n) is 3.48. The van der Waals surface area contributed by atoms with Gasteiger partial charge in [0.15, 0.2) is 0 Å². The molecule has 0 fully saturated rings. The molecular weight excluding hydrogens is 484 g/mol. The molecule has 13 heteroatoms. The summed E-state index contributed by atoms with van der Waals surface area (Å²) >= 11 is 0. The monoisotopic (exact) mass is 514 g/mol. The van der Waals surface area contributed by atoms with Crippen LogP contribution in [-0.4, -0.2) is 68.0 Å². The van der Waals surface area contributed by atoms with Crippen molar-refractivity contribution < 1.29 is 33.6 Å². The minimum atomic E-state index is -1.01. The predicted molar refractivity (Wildman–Crippen MR) is 133 cm³/mol. The lowest BCUT2D eigenvalue weighted by Gasteiger charge is -2.19. The summed E-state index contributed by atoms with van der Waals surface area (Å²) in [6.07, 6.45) is 2.62. The smallest absolute Gasteiger partial charge is 0.258 e. The van der Waals surface area contributed by atoms with Crippen LogP contribution >= 0.6 is 0 Å². The molecule has 1 aromatic carbocycles. The summed E-state index contributed by atoms with van der Waals surface area (Å²) < 4.78 is 0. The Kier molecular flexibility index (Phi) is 10.5. The highest BCUT2D eigenvalue weighted by Crippen LogP contribution is 2.26.